The van der Waals surface area contributed by atoms with Crippen LogP contribution in [-0.4, -0.2) is 10.9 Å². The minimum absolute atomic E-state index is 0.196. The van der Waals surface area contributed by atoms with Crippen molar-refractivity contribution < 1.29 is 18.0 Å². The molecule has 0 saturated carbocycles. The molecule has 0 saturated heterocycles. The predicted octanol–water partition coefficient (Wildman–Crippen LogP) is 4.06. The van der Waals surface area contributed by atoms with Gasteiger partial charge in [-0.2, -0.15) is 0 Å². The second-order valence-corrected chi connectivity index (χ2v) is 5.70. The summed E-state index contributed by atoms with van der Waals surface area (Å²) in [5, 5.41) is 4.24. The molecule has 0 aliphatic rings. The minimum Gasteiger partial charge on any atom is -0.399 e. The highest BCUT2D eigenvalue weighted by Gasteiger charge is 2.19. The van der Waals surface area contributed by atoms with Gasteiger partial charge >= 0.3 is 0 Å². The minimum atomic E-state index is -1.69. The molecular formula is C16H10F3N3OS. The maximum Gasteiger partial charge on any atom is 0.260 e. The van der Waals surface area contributed by atoms with Crippen molar-refractivity contribution in [2.75, 3.05) is 11.1 Å². The highest BCUT2D eigenvalue weighted by molar-refractivity contribution is 7.14. The summed E-state index contributed by atoms with van der Waals surface area (Å²) >= 11 is 1.11. The fourth-order valence-corrected chi connectivity index (χ4v) is 2.74. The summed E-state index contributed by atoms with van der Waals surface area (Å²) in [7, 11) is 0. The molecule has 0 aliphatic heterocycles. The molecule has 0 fully saturated rings. The summed E-state index contributed by atoms with van der Waals surface area (Å²) in [5.74, 6) is -5.51. The number of nitrogens with one attached hydrogen (secondary N) is 1. The summed E-state index contributed by atoms with van der Waals surface area (Å²) in [6.45, 7) is 0. The number of nitrogens with zero attached hydrogens (tertiary/aromatic N) is 1. The second-order valence-electron chi connectivity index (χ2n) is 4.84. The molecule has 1 heterocycles. The third-order valence-corrected chi connectivity index (χ3v) is 3.94. The monoisotopic (exact) mass is 349 g/mol. The number of nitrogen functional groups attached to an aromatic ring is 1. The molecule has 122 valence electrons. The number of thiazole rings is 1. The zero-order valence-electron chi connectivity index (χ0n) is 12.0. The Bertz CT molecular complexity index is 927. The van der Waals surface area contributed by atoms with Crippen LogP contribution in [0.2, 0.25) is 0 Å². The van der Waals surface area contributed by atoms with E-state index >= 15 is 0 Å². The molecule has 0 unspecified atom stereocenters. The predicted molar refractivity (Wildman–Crippen MR) is 86.2 cm³/mol. The van der Waals surface area contributed by atoms with Crippen molar-refractivity contribution in [3.63, 3.8) is 0 Å². The van der Waals surface area contributed by atoms with Crippen molar-refractivity contribution in [1.29, 1.82) is 0 Å². The van der Waals surface area contributed by atoms with Gasteiger partial charge in [-0.25, -0.2) is 18.2 Å². The number of aromatic nitrogens is 1. The molecule has 0 bridgehead atoms. The van der Waals surface area contributed by atoms with Crippen molar-refractivity contribution in [3.05, 3.63) is 64.8 Å². The third kappa shape index (κ3) is 3.09. The number of rotatable bonds is 3. The first-order chi connectivity index (χ1) is 11.5. The number of anilines is 2. The molecule has 0 radical (unpaired) electrons. The Balaban J connectivity index is 1.82. The summed E-state index contributed by atoms with van der Waals surface area (Å²) in [5.41, 5.74) is 7.00. The van der Waals surface area contributed by atoms with E-state index in [1.165, 1.54) is 0 Å². The van der Waals surface area contributed by atoms with Gasteiger partial charge in [0.1, 0.15) is 0 Å². The molecular weight excluding hydrogens is 339 g/mol. The fraction of sp³-hybridized carbons (Fsp3) is 0. The molecule has 0 spiro atoms. The summed E-state index contributed by atoms with van der Waals surface area (Å²) in [6.07, 6.45) is 0. The topological polar surface area (TPSA) is 68.0 Å². The fourth-order valence-electron chi connectivity index (χ4n) is 2.03. The standard InChI is InChI=1S/C16H10F3N3OS/c17-11-5-4-10(13(18)14(11)19)15(23)22-16-21-12(7-24-16)8-2-1-3-9(20)6-8/h1-7H,20H2,(H,21,22,23). The van der Waals surface area contributed by atoms with E-state index in [9.17, 15) is 18.0 Å². The second kappa shape index (κ2) is 6.32. The molecule has 8 heteroatoms. The third-order valence-electron chi connectivity index (χ3n) is 3.19. The Morgan fingerprint density at radius 1 is 1.12 bits per heavy atom. The van der Waals surface area contributed by atoms with Crippen LogP contribution >= 0.6 is 11.3 Å². The Morgan fingerprint density at radius 3 is 2.67 bits per heavy atom. The zero-order valence-corrected chi connectivity index (χ0v) is 12.8. The molecule has 1 aromatic heterocycles. The summed E-state index contributed by atoms with van der Waals surface area (Å²) in [4.78, 5) is 16.2. The van der Waals surface area contributed by atoms with Crippen LogP contribution in [0, 0.1) is 17.5 Å². The van der Waals surface area contributed by atoms with Gasteiger partial charge in [0.2, 0.25) is 0 Å². The van der Waals surface area contributed by atoms with Gasteiger partial charge in [-0.15, -0.1) is 11.3 Å². The van der Waals surface area contributed by atoms with Gasteiger partial charge in [0, 0.05) is 16.6 Å². The van der Waals surface area contributed by atoms with Gasteiger partial charge in [0.05, 0.1) is 11.3 Å². The molecule has 4 nitrogen and oxygen atoms in total. The highest BCUT2D eigenvalue weighted by Crippen LogP contribution is 2.26. The lowest BCUT2D eigenvalue weighted by Crippen LogP contribution is -2.15. The lowest BCUT2D eigenvalue weighted by molar-refractivity contribution is 0.102. The number of carbonyl (C=O) groups excluding carboxylic acids is 1. The number of benzene rings is 2. The molecule has 2 aromatic carbocycles. The van der Waals surface area contributed by atoms with E-state index in [-0.39, 0.29) is 5.13 Å². The maximum atomic E-state index is 13.6. The first kappa shape index (κ1) is 16.0. The number of carbonyl (C=O) groups is 1. The molecule has 0 atom stereocenters. The van der Waals surface area contributed by atoms with E-state index in [0.717, 1.165) is 23.0 Å². The summed E-state index contributed by atoms with van der Waals surface area (Å²) < 4.78 is 39.7. The van der Waals surface area contributed by atoms with E-state index in [1.807, 2.05) is 0 Å². The molecule has 1 amide bonds. The summed E-state index contributed by atoms with van der Waals surface area (Å²) in [6, 6.07) is 8.56. The van der Waals surface area contributed by atoms with E-state index < -0.39 is 28.9 Å². The normalized spacial score (nSPS) is 10.6. The molecule has 0 aliphatic carbocycles. The average Bonchev–Trinajstić information content (AvgIpc) is 3.01. The number of amides is 1. The molecule has 3 aromatic rings. The van der Waals surface area contributed by atoms with Crippen molar-refractivity contribution in [2.24, 2.45) is 0 Å². The zero-order chi connectivity index (χ0) is 17.3. The lowest BCUT2D eigenvalue weighted by Gasteiger charge is -2.04. The van der Waals surface area contributed by atoms with E-state index in [2.05, 4.69) is 10.3 Å². The first-order valence-corrected chi connectivity index (χ1v) is 7.60. The number of halogens is 3. The Kier molecular flexibility index (Phi) is 4.22. The van der Waals surface area contributed by atoms with Gasteiger partial charge in [-0.05, 0) is 24.3 Å². The van der Waals surface area contributed by atoms with Gasteiger partial charge in [0.25, 0.3) is 5.91 Å². The van der Waals surface area contributed by atoms with Crippen LogP contribution in [0.4, 0.5) is 24.0 Å². The van der Waals surface area contributed by atoms with Crippen molar-refractivity contribution in [1.82, 2.24) is 4.98 Å². The van der Waals surface area contributed by atoms with Crippen LogP contribution in [0.3, 0.4) is 0 Å². The van der Waals surface area contributed by atoms with E-state index in [4.69, 9.17) is 5.73 Å². The van der Waals surface area contributed by atoms with Crippen molar-refractivity contribution in [2.45, 2.75) is 0 Å². The van der Waals surface area contributed by atoms with E-state index in [0.29, 0.717) is 17.4 Å². The largest absolute Gasteiger partial charge is 0.399 e. The van der Waals surface area contributed by atoms with Gasteiger partial charge in [-0.3, -0.25) is 10.1 Å². The number of hydrogen-bond acceptors (Lipinski definition) is 4. The average molecular weight is 349 g/mol. The molecule has 3 N–H and O–H groups in total. The van der Waals surface area contributed by atoms with E-state index in [1.54, 1.807) is 29.6 Å². The van der Waals surface area contributed by atoms with Crippen molar-refractivity contribution >= 4 is 28.1 Å². The Morgan fingerprint density at radius 2 is 1.92 bits per heavy atom. The van der Waals surface area contributed by atoms with Gasteiger partial charge < -0.3 is 5.73 Å². The van der Waals surface area contributed by atoms with Crippen LogP contribution in [-0.2, 0) is 0 Å². The van der Waals surface area contributed by atoms with Gasteiger partial charge in [-0.1, -0.05) is 12.1 Å². The highest BCUT2D eigenvalue weighted by atomic mass is 32.1. The molecule has 24 heavy (non-hydrogen) atoms. The lowest BCUT2D eigenvalue weighted by atomic mass is 10.1. The smallest absolute Gasteiger partial charge is 0.260 e. The van der Waals surface area contributed by atoms with Crippen LogP contribution < -0.4 is 11.1 Å². The van der Waals surface area contributed by atoms with Crippen LogP contribution in [0.15, 0.2) is 41.8 Å². The van der Waals surface area contributed by atoms with Crippen LogP contribution in [0.5, 0.6) is 0 Å². The quantitative estimate of drug-likeness (QED) is 0.553. The first-order valence-electron chi connectivity index (χ1n) is 6.72. The van der Waals surface area contributed by atoms with Crippen molar-refractivity contribution in [3.8, 4) is 11.3 Å². The number of nitrogens with two attached hydrogens (primary N) is 1. The maximum absolute atomic E-state index is 13.6. The van der Waals surface area contributed by atoms with Crippen LogP contribution in [0.25, 0.3) is 11.3 Å². The number of hydrogen-bond donors (Lipinski definition) is 2. The van der Waals surface area contributed by atoms with Crippen LogP contribution in [0.1, 0.15) is 10.4 Å². The Labute approximate surface area is 138 Å². The SMILES string of the molecule is Nc1cccc(-c2csc(NC(=O)c3ccc(F)c(F)c3F)n2)c1. The van der Waals surface area contributed by atoms with Gasteiger partial charge in [0.15, 0.2) is 22.6 Å². The Hall–Kier alpha value is -2.87. The molecule has 3 rings (SSSR count).